The molecule has 2 heterocycles. The molecule has 0 atom stereocenters. The molecule has 0 spiro atoms. The van der Waals surface area contributed by atoms with E-state index >= 15 is 0 Å². The molecule has 0 fully saturated rings. The lowest BCUT2D eigenvalue weighted by atomic mass is 10.0. The molecule has 8 heteroatoms. The number of hydrogen-bond acceptors (Lipinski definition) is 5. The van der Waals surface area contributed by atoms with Crippen molar-refractivity contribution < 1.29 is 14.7 Å². The molecule has 34 heavy (non-hydrogen) atoms. The number of urea groups is 1. The maximum atomic E-state index is 12.3. The molecule has 0 bridgehead atoms. The summed E-state index contributed by atoms with van der Waals surface area (Å²) in [7, 11) is 0. The fourth-order valence-corrected chi connectivity index (χ4v) is 4.72. The zero-order valence-corrected chi connectivity index (χ0v) is 19.6. The van der Waals surface area contributed by atoms with Crippen LogP contribution in [0.1, 0.15) is 24.5 Å². The van der Waals surface area contributed by atoms with Crippen molar-refractivity contribution in [1.29, 1.82) is 0 Å². The fourth-order valence-electron chi connectivity index (χ4n) is 3.65. The zero-order chi connectivity index (χ0) is 24.2. The summed E-state index contributed by atoms with van der Waals surface area (Å²) in [5, 5.41) is 17.8. The Morgan fingerprint density at radius 1 is 1.12 bits per heavy atom. The molecule has 0 saturated carbocycles. The second kappa shape index (κ2) is 9.76. The van der Waals surface area contributed by atoms with E-state index in [2.05, 4.69) is 15.6 Å². The van der Waals surface area contributed by atoms with Gasteiger partial charge in [0.2, 0.25) is 0 Å². The molecule has 7 nitrogen and oxygen atoms in total. The summed E-state index contributed by atoms with van der Waals surface area (Å²) in [5.41, 5.74) is 11.5. The molecule has 4 rings (SSSR count). The van der Waals surface area contributed by atoms with Gasteiger partial charge >= 0.3 is 12.0 Å². The SMILES string of the molecule is CC/C(=C\c1cnc(N)c2c(-c3ccc(NC(=O)Nc4cccc(C)c4)cc3)csc12)C(=O)O. The number of carboxylic acids is 1. The van der Waals surface area contributed by atoms with Crippen LogP contribution in [0.5, 0.6) is 0 Å². The van der Waals surface area contributed by atoms with Gasteiger partial charge in [0.05, 0.1) is 0 Å². The van der Waals surface area contributed by atoms with Crippen molar-refractivity contribution in [3.05, 3.63) is 76.8 Å². The Kier molecular flexibility index (Phi) is 6.60. The van der Waals surface area contributed by atoms with Gasteiger partial charge in [-0.3, -0.25) is 0 Å². The molecule has 0 radical (unpaired) electrons. The van der Waals surface area contributed by atoms with Crippen LogP contribution in [0.4, 0.5) is 22.0 Å². The van der Waals surface area contributed by atoms with Gasteiger partial charge in [0.1, 0.15) is 5.82 Å². The highest BCUT2D eigenvalue weighted by molar-refractivity contribution is 7.18. The summed E-state index contributed by atoms with van der Waals surface area (Å²) in [6.07, 6.45) is 3.67. The van der Waals surface area contributed by atoms with E-state index in [4.69, 9.17) is 5.73 Å². The number of nitrogen functional groups attached to an aromatic ring is 1. The van der Waals surface area contributed by atoms with E-state index in [9.17, 15) is 14.7 Å². The molecular formula is C26H24N4O3S. The Morgan fingerprint density at radius 2 is 1.85 bits per heavy atom. The summed E-state index contributed by atoms with van der Waals surface area (Å²) >= 11 is 1.49. The van der Waals surface area contributed by atoms with E-state index in [0.29, 0.717) is 23.5 Å². The Morgan fingerprint density at radius 3 is 2.53 bits per heavy atom. The maximum Gasteiger partial charge on any atom is 0.331 e. The number of aliphatic carboxylic acids is 1. The van der Waals surface area contributed by atoms with Gasteiger partial charge in [0.25, 0.3) is 0 Å². The number of nitrogens with zero attached hydrogens (tertiary/aromatic N) is 1. The summed E-state index contributed by atoms with van der Waals surface area (Å²) in [6.45, 7) is 3.77. The number of amides is 2. The van der Waals surface area contributed by atoms with Crippen LogP contribution >= 0.6 is 11.3 Å². The largest absolute Gasteiger partial charge is 0.478 e. The number of aromatic nitrogens is 1. The van der Waals surface area contributed by atoms with Crippen molar-refractivity contribution in [3.63, 3.8) is 0 Å². The normalized spacial score (nSPS) is 11.4. The van der Waals surface area contributed by atoms with Gasteiger partial charge in [-0.1, -0.05) is 31.2 Å². The predicted octanol–water partition coefficient (Wildman–Crippen LogP) is 6.38. The number of benzene rings is 2. The van der Waals surface area contributed by atoms with Crippen molar-refractivity contribution in [2.24, 2.45) is 0 Å². The van der Waals surface area contributed by atoms with Crippen LogP contribution in [0.25, 0.3) is 27.3 Å². The van der Waals surface area contributed by atoms with Crippen LogP contribution in [0.2, 0.25) is 0 Å². The molecule has 5 N–H and O–H groups in total. The Labute approximate surface area is 201 Å². The van der Waals surface area contributed by atoms with Crippen LogP contribution in [-0.4, -0.2) is 22.1 Å². The van der Waals surface area contributed by atoms with Gasteiger partial charge in [-0.25, -0.2) is 14.6 Å². The number of rotatable bonds is 6. The summed E-state index contributed by atoms with van der Waals surface area (Å²) in [4.78, 5) is 28.1. The Bertz CT molecular complexity index is 1410. The van der Waals surface area contributed by atoms with Gasteiger partial charge in [0.15, 0.2) is 0 Å². The molecule has 0 aliphatic heterocycles. The molecule has 172 valence electrons. The van der Waals surface area contributed by atoms with E-state index in [1.165, 1.54) is 11.3 Å². The molecule has 4 aromatic rings. The standard InChI is InChI=1S/C26H24N4O3S/c1-3-16(25(31)32)12-18-13-28-24(27)22-21(14-34-23(18)22)17-7-9-19(10-8-17)29-26(33)30-20-6-4-5-15(2)11-20/h4-14H,3H2,1-2H3,(H2,27,28)(H,31,32)(H2,29,30,33)/b16-12+. The number of anilines is 3. The van der Waals surface area contributed by atoms with Gasteiger partial charge in [-0.15, -0.1) is 11.3 Å². The van der Waals surface area contributed by atoms with E-state index in [1.807, 2.05) is 60.8 Å². The minimum Gasteiger partial charge on any atom is -0.478 e. The second-order valence-electron chi connectivity index (χ2n) is 7.81. The lowest BCUT2D eigenvalue weighted by Crippen LogP contribution is -2.19. The first-order chi connectivity index (χ1) is 16.4. The molecule has 0 unspecified atom stereocenters. The smallest absolute Gasteiger partial charge is 0.331 e. The number of nitrogens with one attached hydrogen (secondary N) is 2. The third-order valence-corrected chi connectivity index (χ3v) is 6.40. The monoisotopic (exact) mass is 472 g/mol. The van der Waals surface area contributed by atoms with Gasteiger partial charge < -0.3 is 21.5 Å². The molecule has 0 aliphatic rings. The third kappa shape index (κ3) is 4.92. The highest BCUT2D eigenvalue weighted by atomic mass is 32.1. The average Bonchev–Trinajstić information content (AvgIpc) is 3.25. The van der Waals surface area contributed by atoms with Crippen LogP contribution < -0.4 is 16.4 Å². The molecule has 0 aliphatic carbocycles. The number of carbonyl (C=O) groups excluding carboxylic acids is 1. The molecule has 2 aromatic heterocycles. The summed E-state index contributed by atoms with van der Waals surface area (Å²) in [6, 6.07) is 14.7. The van der Waals surface area contributed by atoms with Crippen LogP contribution in [0, 0.1) is 6.92 Å². The lowest BCUT2D eigenvalue weighted by molar-refractivity contribution is -0.132. The highest BCUT2D eigenvalue weighted by Gasteiger charge is 2.15. The number of thiophene rings is 1. The van der Waals surface area contributed by atoms with Crippen LogP contribution in [-0.2, 0) is 4.79 Å². The lowest BCUT2D eigenvalue weighted by Gasteiger charge is -2.09. The first-order valence-electron chi connectivity index (χ1n) is 10.7. The average molecular weight is 473 g/mol. The van der Waals surface area contributed by atoms with Crippen LogP contribution in [0.3, 0.4) is 0 Å². The van der Waals surface area contributed by atoms with Crippen molar-refractivity contribution in [3.8, 4) is 11.1 Å². The Balaban J connectivity index is 1.58. The van der Waals surface area contributed by atoms with E-state index in [0.717, 1.165) is 38.0 Å². The minimum atomic E-state index is -0.946. The van der Waals surface area contributed by atoms with Gasteiger partial charge in [0, 0.05) is 44.4 Å². The fraction of sp³-hybridized carbons (Fsp3) is 0.115. The first-order valence-corrected chi connectivity index (χ1v) is 11.6. The number of aryl methyl sites for hydroxylation is 1. The number of nitrogens with two attached hydrogens (primary N) is 1. The number of pyridine rings is 1. The van der Waals surface area contributed by atoms with E-state index < -0.39 is 5.97 Å². The second-order valence-corrected chi connectivity index (χ2v) is 8.69. The van der Waals surface area contributed by atoms with Gasteiger partial charge in [-0.05, 0) is 60.2 Å². The molecular weight excluding hydrogens is 448 g/mol. The molecule has 2 aromatic carbocycles. The maximum absolute atomic E-state index is 12.3. The number of fused-ring (bicyclic) bond motifs is 1. The van der Waals surface area contributed by atoms with E-state index in [-0.39, 0.29) is 6.03 Å². The third-order valence-electron chi connectivity index (χ3n) is 5.37. The minimum absolute atomic E-state index is 0.308. The number of hydrogen-bond donors (Lipinski definition) is 4. The van der Waals surface area contributed by atoms with Crippen LogP contribution in [0.15, 0.2) is 65.7 Å². The Hall–Kier alpha value is -4.17. The van der Waals surface area contributed by atoms with Gasteiger partial charge in [-0.2, -0.15) is 0 Å². The zero-order valence-electron chi connectivity index (χ0n) is 18.8. The quantitative estimate of drug-likeness (QED) is 0.243. The van der Waals surface area contributed by atoms with Crippen molar-refractivity contribution >= 4 is 56.7 Å². The van der Waals surface area contributed by atoms with E-state index in [1.54, 1.807) is 19.2 Å². The highest BCUT2D eigenvalue weighted by Crippen LogP contribution is 2.39. The molecule has 0 saturated heterocycles. The van der Waals surface area contributed by atoms with Crippen molar-refractivity contribution in [2.75, 3.05) is 16.4 Å². The number of carbonyl (C=O) groups is 2. The first kappa shape index (κ1) is 23.0. The van der Waals surface area contributed by atoms with Crippen molar-refractivity contribution in [1.82, 2.24) is 4.98 Å². The predicted molar refractivity (Wildman–Crippen MR) is 139 cm³/mol. The summed E-state index contributed by atoms with van der Waals surface area (Å²) < 4.78 is 0.884. The molecule has 2 amide bonds. The van der Waals surface area contributed by atoms with Crippen molar-refractivity contribution in [2.45, 2.75) is 20.3 Å². The topological polar surface area (TPSA) is 117 Å². The number of carboxylic acid groups (broad SMARTS) is 1. The summed E-state index contributed by atoms with van der Waals surface area (Å²) in [5.74, 6) is -0.560.